The number of aromatic nitrogens is 3. The topological polar surface area (TPSA) is 63.1 Å². The van der Waals surface area contributed by atoms with E-state index < -0.39 is 0 Å². The van der Waals surface area contributed by atoms with Gasteiger partial charge in [0.2, 0.25) is 0 Å². The maximum absolute atomic E-state index is 5.21. The number of nitrogens with zero attached hydrogens (tertiary/aromatic N) is 4. The predicted octanol–water partition coefficient (Wildman–Crippen LogP) is 15.4. The van der Waals surface area contributed by atoms with Crippen molar-refractivity contribution in [2.45, 2.75) is 6.42 Å². The van der Waals surface area contributed by atoms with Crippen molar-refractivity contribution in [3.63, 3.8) is 0 Å². The molecule has 1 N–H and O–H groups in total. The van der Waals surface area contributed by atoms with E-state index >= 15 is 0 Å². The Morgan fingerprint density at radius 1 is 0.294 bits per heavy atom. The first kappa shape index (κ1) is 41.6. The Hall–Kier alpha value is -9.06. The van der Waals surface area contributed by atoms with E-state index in [0.717, 1.165) is 102 Å². The number of amidine groups is 1. The molecular formula is C63H45N5. The molecule has 5 nitrogen and oxygen atoms in total. The number of benzene rings is 9. The molecule has 0 atom stereocenters. The minimum Gasteiger partial charge on any atom is -0.339 e. The van der Waals surface area contributed by atoms with Gasteiger partial charge in [-0.1, -0.05) is 237 Å². The highest BCUT2D eigenvalue weighted by Gasteiger charge is 2.20. The zero-order valence-corrected chi connectivity index (χ0v) is 37.2. The van der Waals surface area contributed by atoms with Crippen molar-refractivity contribution in [1.29, 1.82) is 0 Å². The molecule has 10 aromatic rings. The fourth-order valence-corrected chi connectivity index (χ4v) is 8.78. The molecule has 0 bridgehead atoms. The summed E-state index contributed by atoms with van der Waals surface area (Å²) in [5, 5.41) is 3.74. The highest BCUT2D eigenvalue weighted by Crippen LogP contribution is 2.44. The van der Waals surface area contributed by atoms with Gasteiger partial charge in [-0.25, -0.2) is 19.9 Å². The van der Waals surface area contributed by atoms with Crippen molar-refractivity contribution in [1.82, 2.24) is 20.3 Å². The molecule has 68 heavy (non-hydrogen) atoms. The van der Waals surface area contributed by atoms with Gasteiger partial charge in [0.25, 0.3) is 0 Å². The van der Waals surface area contributed by atoms with Gasteiger partial charge < -0.3 is 5.32 Å². The zero-order chi connectivity index (χ0) is 45.5. The van der Waals surface area contributed by atoms with Crippen molar-refractivity contribution in [3.05, 3.63) is 271 Å². The predicted molar refractivity (Wildman–Crippen MR) is 281 cm³/mol. The van der Waals surface area contributed by atoms with Gasteiger partial charge in [-0.15, -0.1) is 0 Å². The zero-order valence-electron chi connectivity index (χ0n) is 37.2. The van der Waals surface area contributed by atoms with E-state index in [1.807, 2.05) is 72.8 Å². The van der Waals surface area contributed by atoms with Gasteiger partial charge >= 0.3 is 0 Å². The highest BCUT2D eigenvalue weighted by atomic mass is 15.0. The van der Waals surface area contributed by atoms with Gasteiger partial charge in [0.15, 0.2) is 17.5 Å². The first-order valence-electron chi connectivity index (χ1n) is 22.9. The van der Waals surface area contributed by atoms with Crippen molar-refractivity contribution < 1.29 is 0 Å². The summed E-state index contributed by atoms with van der Waals surface area (Å²) >= 11 is 0. The monoisotopic (exact) mass is 871 g/mol. The maximum atomic E-state index is 5.21. The standard InChI is InChI=1S/C63H45N5/c1-7-21-44(22-8-1)55-42-54(52-33-19-34-53(41-52)63-67-61(50-29-15-5-16-30-50)66-62(68-63)51-31-17-6-18-32-51)43-56(45-23-9-2-10-24-45)59(55)48-39-37-47(38-40-48)58-36-20-35-57(46-25-11-3-12-26-46)64-60(65-58)49-27-13-4-14-28-49/h1-19,21-43H,20H2,(H,64,65)/b57-35?,58-36-. The number of aliphatic imine (C=N–C) groups is 1. The lowest BCUT2D eigenvalue weighted by molar-refractivity contribution is 1.07. The van der Waals surface area contributed by atoms with Crippen LogP contribution in [0.2, 0.25) is 0 Å². The van der Waals surface area contributed by atoms with Crippen LogP contribution < -0.4 is 5.32 Å². The van der Waals surface area contributed by atoms with Crippen LogP contribution in [0.3, 0.4) is 0 Å². The minimum atomic E-state index is 0.617. The Labute approximate surface area is 397 Å². The summed E-state index contributed by atoms with van der Waals surface area (Å²) in [7, 11) is 0. The average Bonchev–Trinajstić information content (AvgIpc) is 3.42. The third kappa shape index (κ3) is 8.97. The van der Waals surface area contributed by atoms with Crippen LogP contribution in [-0.4, -0.2) is 20.8 Å². The smallest absolute Gasteiger partial charge is 0.164 e. The van der Waals surface area contributed by atoms with Crippen LogP contribution in [0.15, 0.2) is 260 Å². The second kappa shape index (κ2) is 19.2. The van der Waals surface area contributed by atoms with Crippen molar-refractivity contribution >= 4 is 17.2 Å². The van der Waals surface area contributed by atoms with Crippen molar-refractivity contribution in [3.8, 4) is 78.7 Å². The number of hydrogen-bond acceptors (Lipinski definition) is 5. The van der Waals surface area contributed by atoms with Gasteiger partial charge in [0.1, 0.15) is 5.84 Å². The van der Waals surface area contributed by atoms with Crippen LogP contribution in [0.4, 0.5) is 0 Å². The van der Waals surface area contributed by atoms with Crippen LogP contribution in [-0.2, 0) is 0 Å². The van der Waals surface area contributed by atoms with Gasteiger partial charge in [0, 0.05) is 28.0 Å². The Morgan fingerprint density at radius 3 is 1.22 bits per heavy atom. The van der Waals surface area contributed by atoms with Gasteiger partial charge in [-0.2, -0.15) is 0 Å². The largest absolute Gasteiger partial charge is 0.339 e. The summed E-state index contributed by atoms with van der Waals surface area (Å²) in [6.07, 6.45) is 5.19. The van der Waals surface area contributed by atoms with Crippen LogP contribution in [0.5, 0.6) is 0 Å². The van der Waals surface area contributed by atoms with Crippen molar-refractivity contribution in [2.24, 2.45) is 4.99 Å². The van der Waals surface area contributed by atoms with E-state index in [0.29, 0.717) is 17.5 Å². The molecule has 0 saturated carbocycles. The van der Waals surface area contributed by atoms with Crippen LogP contribution >= 0.6 is 0 Å². The molecule has 0 saturated heterocycles. The van der Waals surface area contributed by atoms with Crippen molar-refractivity contribution in [2.75, 3.05) is 0 Å². The van der Waals surface area contributed by atoms with E-state index in [9.17, 15) is 0 Å². The number of rotatable bonds is 10. The summed E-state index contributed by atoms with van der Waals surface area (Å²) in [6, 6.07) is 84.5. The molecular weight excluding hydrogens is 827 g/mol. The maximum Gasteiger partial charge on any atom is 0.164 e. The lowest BCUT2D eigenvalue weighted by atomic mass is 9.84. The first-order chi connectivity index (χ1) is 33.7. The molecule has 9 aromatic carbocycles. The SMILES string of the molecule is C1=C(c2ccccc2)N=C(c2ccccc2)N/C(c2ccc(-c3c(-c4ccccc4)cc(-c4cccc(-c5nc(-c6ccccc6)nc(-c6ccccc6)n5)c4)cc3-c3ccccc3)cc2)=C\C1. The normalized spacial score (nSPS) is 13.2. The summed E-state index contributed by atoms with van der Waals surface area (Å²) in [5.74, 6) is 2.69. The molecule has 0 radical (unpaired) electrons. The Bertz CT molecular complexity index is 3320. The molecule has 0 amide bonds. The van der Waals surface area contributed by atoms with Gasteiger partial charge in [-0.3, -0.25) is 0 Å². The number of allylic oxidation sites excluding steroid dienone is 2. The van der Waals surface area contributed by atoms with Gasteiger partial charge in [-0.05, 0) is 80.3 Å². The fraction of sp³-hybridized carbons (Fsp3) is 0.0159. The number of hydrogen-bond donors (Lipinski definition) is 1. The summed E-state index contributed by atoms with van der Waals surface area (Å²) in [4.78, 5) is 20.3. The van der Waals surface area contributed by atoms with Crippen LogP contribution in [0.25, 0.3) is 90.1 Å². The third-order valence-corrected chi connectivity index (χ3v) is 12.2. The molecule has 0 spiro atoms. The lowest BCUT2D eigenvalue weighted by Gasteiger charge is -2.20. The lowest BCUT2D eigenvalue weighted by Crippen LogP contribution is -2.24. The Kier molecular flexibility index (Phi) is 11.7. The Balaban J connectivity index is 1.02. The second-order valence-electron chi connectivity index (χ2n) is 16.6. The van der Waals surface area contributed by atoms with Crippen LogP contribution in [0, 0.1) is 0 Å². The summed E-state index contributed by atoms with van der Waals surface area (Å²) in [5.41, 5.74) is 16.9. The van der Waals surface area contributed by atoms with Gasteiger partial charge in [0.05, 0.1) is 5.70 Å². The van der Waals surface area contributed by atoms with E-state index in [4.69, 9.17) is 19.9 Å². The Morgan fingerprint density at radius 2 is 0.706 bits per heavy atom. The molecule has 1 aromatic heterocycles. The fourth-order valence-electron chi connectivity index (χ4n) is 8.78. The van der Waals surface area contributed by atoms with E-state index in [1.54, 1.807) is 0 Å². The molecule has 5 heteroatoms. The average molecular weight is 872 g/mol. The second-order valence-corrected chi connectivity index (χ2v) is 16.6. The summed E-state index contributed by atoms with van der Waals surface area (Å²) in [6.45, 7) is 0. The molecule has 1 aliphatic rings. The van der Waals surface area contributed by atoms with E-state index in [-0.39, 0.29) is 0 Å². The quantitative estimate of drug-likeness (QED) is 0.149. The third-order valence-electron chi connectivity index (χ3n) is 12.2. The molecule has 11 rings (SSSR count). The first-order valence-corrected chi connectivity index (χ1v) is 22.9. The molecule has 1 aliphatic heterocycles. The number of nitrogens with one attached hydrogen (secondary N) is 1. The molecule has 0 unspecified atom stereocenters. The molecule has 0 fully saturated rings. The summed E-state index contributed by atoms with van der Waals surface area (Å²) < 4.78 is 0. The molecule has 2 heterocycles. The molecule has 322 valence electrons. The molecule has 0 aliphatic carbocycles. The van der Waals surface area contributed by atoms with E-state index in [1.165, 1.54) is 0 Å². The highest BCUT2D eigenvalue weighted by molar-refractivity contribution is 6.06. The van der Waals surface area contributed by atoms with E-state index in [2.05, 4.69) is 187 Å². The minimum absolute atomic E-state index is 0.617. The van der Waals surface area contributed by atoms with Crippen LogP contribution in [0.1, 0.15) is 23.1 Å².